The van der Waals surface area contributed by atoms with E-state index in [0.29, 0.717) is 21.9 Å². The summed E-state index contributed by atoms with van der Waals surface area (Å²) in [7, 11) is 1.53. The molecule has 5 nitrogen and oxygen atoms in total. The van der Waals surface area contributed by atoms with Crippen LogP contribution in [0.25, 0.3) is 0 Å². The van der Waals surface area contributed by atoms with Crippen LogP contribution in [-0.2, 0) is 0 Å². The Morgan fingerprint density at radius 2 is 2.05 bits per heavy atom. The van der Waals surface area contributed by atoms with Crippen LogP contribution in [0.3, 0.4) is 0 Å². The number of ether oxygens (including phenoxy) is 1. The van der Waals surface area contributed by atoms with Gasteiger partial charge in [-0.05, 0) is 31.2 Å². The van der Waals surface area contributed by atoms with Crippen LogP contribution >= 0.6 is 11.3 Å². The molecule has 0 aliphatic carbocycles. The van der Waals surface area contributed by atoms with Crippen molar-refractivity contribution in [1.29, 1.82) is 0 Å². The van der Waals surface area contributed by atoms with Crippen molar-refractivity contribution >= 4 is 28.2 Å². The van der Waals surface area contributed by atoms with Gasteiger partial charge in [-0.15, -0.1) is 11.3 Å². The lowest BCUT2D eigenvalue weighted by Gasteiger charge is -2.06. The Labute approximate surface area is 120 Å². The number of amides is 2. The molecule has 0 saturated carbocycles. The summed E-state index contributed by atoms with van der Waals surface area (Å²) in [4.78, 5) is 24.4. The molecular weight excluding hydrogens is 276 g/mol. The van der Waals surface area contributed by atoms with E-state index in [1.165, 1.54) is 18.4 Å². The van der Waals surface area contributed by atoms with Gasteiger partial charge in [0.2, 0.25) is 0 Å². The molecule has 0 bridgehead atoms. The molecule has 2 rings (SSSR count). The number of thiophene rings is 1. The lowest BCUT2D eigenvalue weighted by atomic mass is 10.2. The lowest BCUT2D eigenvalue weighted by Crippen LogP contribution is -2.16. The zero-order valence-corrected chi connectivity index (χ0v) is 11.9. The molecule has 0 atom stereocenters. The van der Waals surface area contributed by atoms with Gasteiger partial charge in [0.25, 0.3) is 11.8 Å². The van der Waals surface area contributed by atoms with E-state index >= 15 is 0 Å². The van der Waals surface area contributed by atoms with Gasteiger partial charge in [0, 0.05) is 10.4 Å². The van der Waals surface area contributed by atoms with Crippen molar-refractivity contribution in [2.45, 2.75) is 6.92 Å². The van der Waals surface area contributed by atoms with E-state index in [9.17, 15) is 9.59 Å². The standard InChI is InChI=1S/C14H14N2O3S/c1-8-6-11(12(15)17)14(20-8)16-13(18)9-4-3-5-10(7-9)19-2/h3-7H,1-2H3,(H2,15,17)(H,16,18). The van der Waals surface area contributed by atoms with Crippen LogP contribution in [0.5, 0.6) is 5.75 Å². The number of nitrogens with two attached hydrogens (primary N) is 1. The van der Waals surface area contributed by atoms with Crippen molar-refractivity contribution in [2.24, 2.45) is 5.73 Å². The molecule has 0 spiro atoms. The minimum atomic E-state index is -0.560. The number of methoxy groups -OCH3 is 1. The van der Waals surface area contributed by atoms with E-state index in [4.69, 9.17) is 10.5 Å². The van der Waals surface area contributed by atoms with Crippen LogP contribution in [0, 0.1) is 6.92 Å². The molecule has 0 fully saturated rings. The number of benzene rings is 1. The van der Waals surface area contributed by atoms with E-state index < -0.39 is 5.91 Å². The lowest BCUT2D eigenvalue weighted by molar-refractivity contribution is 0.100. The summed E-state index contributed by atoms with van der Waals surface area (Å²) < 4.78 is 5.07. The van der Waals surface area contributed by atoms with Crippen molar-refractivity contribution < 1.29 is 14.3 Å². The highest BCUT2D eigenvalue weighted by molar-refractivity contribution is 7.16. The average molecular weight is 290 g/mol. The quantitative estimate of drug-likeness (QED) is 0.907. The predicted molar refractivity (Wildman–Crippen MR) is 78.5 cm³/mol. The normalized spacial score (nSPS) is 10.1. The van der Waals surface area contributed by atoms with Gasteiger partial charge in [0.05, 0.1) is 12.7 Å². The highest BCUT2D eigenvalue weighted by Gasteiger charge is 2.15. The molecule has 2 aromatic rings. The van der Waals surface area contributed by atoms with Gasteiger partial charge in [0.1, 0.15) is 10.8 Å². The molecule has 0 unspecified atom stereocenters. The first-order valence-electron chi connectivity index (χ1n) is 5.87. The highest BCUT2D eigenvalue weighted by Crippen LogP contribution is 2.27. The molecular formula is C14H14N2O3S. The van der Waals surface area contributed by atoms with Gasteiger partial charge in [-0.3, -0.25) is 9.59 Å². The fourth-order valence-electron chi connectivity index (χ4n) is 1.73. The van der Waals surface area contributed by atoms with Gasteiger partial charge in [-0.1, -0.05) is 6.07 Å². The maximum atomic E-state index is 12.2. The number of anilines is 1. The molecule has 6 heteroatoms. The van der Waals surface area contributed by atoms with Crippen molar-refractivity contribution in [3.63, 3.8) is 0 Å². The smallest absolute Gasteiger partial charge is 0.256 e. The van der Waals surface area contributed by atoms with Gasteiger partial charge in [0.15, 0.2) is 0 Å². The van der Waals surface area contributed by atoms with Crippen LogP contribution in [0.2, 0.25) is 0 Å². The average Bonchev–Trinajstić information content (AvgIpc) is 2.80. The van der Waals surface area contributed by atoms with E-state index in [1.807, 2.05) is 6.92 Å². The van der Waals surface area contributed by atoms with Crippen molar-refractivity contribution in [2.75, 3.05) is 12.4 Å². The van der Waals surface area contributed by atoms with Gasteiger partial charge < -0.3 is 15.8 Å². The molecule has 1 heterocycles. The number of hydrogen-bond acceptors (Lipinski definition) is 4. The Morgan fingerprint density at radius 3 is 2.70 bits per heavy atom. The number of primary amides is 1. The number of rotatable bonds is 4. The maximum Gasteiger partial charge on any atom is 0.256 e. The second-order valence-electron chi connectivity index (χ2n) is 4.15. The molecule has 1 aromatic heterocycles. The van der Waals surface area contributed by atoms with Gasteiger partial charge >= 0.3 is 0 Å². The third-order valence-electron chi connectivity index (χ3n) is 2.68. The van der Waals surface area contributed by atoms with Crippen molar-refractivity contribution in [3.05, 3.63) is 46.3 Å². The third kappa shape index (κ3) is 2.97. The molecule has 0 saturated heterocycles. The Morgan fingerprint density at radius 1 is 1.30 bits per heavy atom. The largest absolute Gasteiger partial charge is 0.497 e. The van der Waals surface area contributed by atoms with E-state index in [-0.39, 0.29) is 5.91 Å². The monoisotopic (exact) mass is 290 g/mol. The summed E-state index contributed by atoms with van der Waals surface area (Å²) >= 11 is 1.31. The Bertz CT molecular complexity index is 664. The fourth-order valence-corrected chi connectivity index (χ4v) is 2.64. The molecule has 0 aliphatic heterocycles. The molecule has 20 heavy (non-hydrogen) atoms. The minimum absolute atomic E-state index is 0.312. The molecule has 1 aromatic carbocycles. The van der Waals surface area contributed by atoms with Crippen LogP contribution < -0.4 is 15.8 Å². The van der Waals surface area contributed by atoms with Crippen molar-refractivity contribution in [1.82, 2.24) is 0 Å². The third-order valence-corrected chi connectivity index (χ3v) is 3.65. The first-order valence-corrected chi connectivity index (χ1v) is 6.68. The topological polar surface area (TPSA) is 81.4 Å². The van der Waals surface area contributed by atoms with Crippen LogP contribution in [0.1, 0.15) is 25.6 Å². The van der Waals surface area contributed by atoms with Crippen LogP contribution in [0.4, 0.5) is 5.00 Å². The minimum Gasteiger partial charge on any atom is -0.497 e. The summed E-state index contributed by atoms with van der Waals surface area (Å²) in [6, 6.07) is 8.43. The van der Waals surface area contributed by atoms with Gasteiger partial charge in [-0.25, -0.2) is 0 Å². The zero-order valence-electron chi connectivity index (χ0n) is 11.1. The molecule has 2 amide bonds. The first-order chi connectivity index (χ1) is 9.51. The molecule has 3 N–H and O–H groups in total. The summed E-state index contributed by atoms with van der Waals surface area (Å²) in [5, 5.41) is 3.16. The Kier molecular flexibility index (Phi) is 4.05. The number of carbonyl (C=O) groups excluding carboxylic acids is 2. The number of carbonyl (C=O) groups is 2. The SMILES string of the molecule is COc1cccc(C(=O)Nc2sc(C)cc2C(N)=O)c1. The zero-order chi connectivity index (χ0) is 14.7. The number of hydrogen-bond donors (Lipinski definition) is 2. The van der Waals surface area contributed by atoms with Gasteiger partial charge in [-0.2, -0.15) is 0 Å². The second-order valence-corrected chi connectivity index (χ2v) is 5.41. The summed E-state index contributed by atoms with van der Waals surface area (Å²) in [5.74, 6) is -0.279. The molecule has 0 radical (unpaired) electrons. The van der Waals surface area contributed by atoms with Crippen LogP contribution in [0.15, 0.2) is 30.3 Å². The number of nitrogens with one attached hydrogen (secondary N) is 1. The number of aryl methyl sites for hydroxylation is 1. The second kappa shape index (κ2) is 5.75. The molecule has 104 valence electrons. The van der Waals surface area contributed by atoms with E-state index in [1.54, 1.807) is 30.3 Å². The summed E-state index contributed by atoms with van der Waals surface area (Å²) in [5.41, 5.74) is 6.06. The van der Waals surface area contributed by atoms with E-state index in [2.05, 4.69) is 5.32 Å². The summed E-state index contributed by atoms with van der Waals surface area (Å²) in [6.45, 7) is 1.85. The Hall–Kier alpha value is -2.34. The predicted octanol–water partition coefficient (Wildman–Crippen LogP) is 2.42. The highest BCUT2D eigenvalue weighted by atomic mass is 32.1. The first kappa shape index (κ1) is 14.1. The van der Waals surface area contributed by atoms with Crippen LogP contribution in [-0.4, -0.2) is 18.9 Å². The fraction of sp³-hybridized carbons (Fsp3) is 0.143. The van der Waals surface area contributed by atoms with E-state index in [0.717, 1.165) is 4.88 Å². The molecule has 0 aliphatic rings. The Balaban J connectivity index is 2.25. The maximum absolute atomic E-state index is 12.2. The van der Waals surface area contributed by atoms with Crippen molar-refractivity contribution in [3.8, 4) is 5.75 Å². The summed E-state index contributed by atoms with van der Waals surface area (Å²) in [6.07, 6.45) is 0.